The van der Waals surface area contributed by atoms with Gasteiger partial charge in [0.25, 0.3) is 0 Å². The molecule has 2 aromatic heterocycles. The molecule has 1 aromatic carbocycles. The van der Waals surface area contributed by atoms with Gasteiger partial charge in [-0.15, -0.1) is 5.10 Å². The van der Waals surface area contributed by atoms with Crippen LogP contribution < -0.4 is 10.5 Å². The molecule has 3 aromatic rings. The standard InChI is InChI=1S/C16H12F6N6O/c17-15(18,19)7-28-13(25-14(23)26-28)10-6-27-3-4-29-11-2-1-8(16(20,21)22)5-9(11)12(27)24-10/h1-2,5-6H,3-4,7H2,(H2,23,26). The molecule has 1 aliphatic heterocycles. The number of nitrogens with two attached hydrogens (primary N) is 1. The number of halogens is 6. The molecule has 0 fully saturated rings. The Morgan fingerprint density at radius 3 is 2.52 bits per heavy atom. The number of hydrogen-bond donors (Lipinski definition) is 1. The van der Waals surface area contributed by atoms with Crippen LogP contribution in [-0.4, -0.2) is 37.1 Å². The molecule has 4 rings (SSSR count). The number of alkyl halides is 6. The van der Waals surface area contributed by atoms with Crippen molar-refractivity contribution in [3.05, 3.63) is 30.0 Å². The average Bonchev–Trinajstić information content (AvgIpc) is 3.11. The molecule has 0 spiro atoms. The van der Waals surface area contributed by atoms with Crippen LogP contribution >= 0.6 is 0 Å². The van der Waals surface area contributed by atoms with Gasteiger partial charge in [-0.2, -0.15) is 31.3 Å². The molecule has 0 radical (unpaired) electrons. The quantitative estimate of drug-likeness (QED) is 0.646. The summed E-state index contributed by atoms with van der Waals surface area (Å²) >= 11 is 0. The van der Waals surface area contributed by atoms with E-state index in [4.69, 9.17) is 10.5 Å². The first-order valence-corrected chi connectivity index (χ1v) is 8.20. The molecule has 0 amide bonds. The van der Waals surface area contributed by atoms with Gasteiger partial charge in [-0.1, -0.05) is 0 Å². The van der Waals surface area contributed by atoms with Crippen LogP contribution in [0.4, 0.5) is 32.3 Å². The molecular weight excluding hydrogens is 406 g/mol. The second kappa shape index (κ2) is 6.39. The van der Waals surface area contributed by atoms with Crippen molar-refractivity contribution in [1.82, 2.24) is 24.3 Å². The Balaban J connectivity index is 1.83. The second-order valence-electron chi connectivity index (χ2n) is 6.27. The summed E-state index contributed by atoms with van der Waals surface area (Å²) in [6.07, 6.45) is -7.78. The summed E-state index contributed by atoms with van der Waals surface area (Å²) in [5.41, 5.74) is 4.60. The van der Waals surface area contributed by atoms with E-state index in [0.717, 1.165) is 12.1 Å². The van der Waals surface area contributed by atoms with E-state index < -0.39 is 24.5 Å². The van der Waals surface area contributed by atoms with Crippen molar-refractivity contribution in [2.24, 2.45) is 0 Å². The molecule has 1 aliphatic rings. The average molecular weight is 418 g/mol. The highest BCUT2D eigenvalue weighted by atomic mass is 19.4. The highest BCUT2D eigenvalue weighted by Crippen LogP contribution is 2.39. The lowest BCUT2D eigenvalue weighted by Crippen LogP contribution is -2.19. The molecule has 0 bridgehead atoms. The van der Waals surface area contributed by atoms with E-state index in [9.17, 15) is 26.3 Å². The number of fused-ring (bicyclic) bond motifs is 3. The minimum atomic E-state index is -4.58. The van der Waals surface area contributed by atoms with Gasteiger partial charge in [0.15, 0.2) is 5.82 Å². The number of benzene rings is 1. The molecule has 0 saturated heterocycles. The Kier molecular flexibility index (Phi) is 4.20. The van der Waals surface area contributed by atoms with Crippen LogP contribution in [0.1, 0.15) is 5.56 Å². The lowest BCUT2D eigenvalue weighted by molar-refractivity contribution is -0.142. The van der Waals surface area contributed by atoms with Crippen molar-refractivity contribution >= 4 is 5.95 Å². The molecule has 0 atom stereocenters. The Morgan fingerprint density at radius 1 is 1.07 bits per heavy atom. The van der Waals surface area contributed by atoms with Gasteiger partial charge in [-0.25, -0.2) is 9.67 Å². The number of anilines is 1. The van der Waals surface area contributed by atoms with Gasteiger partial charge in [0, 0.05) is 6.20 Å². The number of nitrogens with zero attached hydrogens (tertiary/aromatic N) is 5. The normalized spacial score (nSPS) is 14.1. The smallest absolute Gasteiger partial charge is 0.416 e. The van der Waals surface area contributed by atoms with E-state index in [-0.39, 0.29) is 47.8 Å². The van der Waals surface area contributed by atoms with Crippen molar-refractivity contribution in [1.29, 1.82) is 0 Å². The van der Waals surface area contributed by atoms with Gasteiger partial charge in [-0.3, -0.25) is 0 Å². The van der Waals surface area contributed by atoms with Crippen molar-refractivity contribution in [3.63, 3.8) is 0 Å². The third-order valence-corrected chi connectivity index (χ3v) is 4.16. The summed E-state index contributed by atoms with van der Waals surface area (Å²) in [7, 11) is 0. The maximum absolute atomic E-state index is 13.1. The Labute approximate surface area is 158 Å². The van der Waals surface area contributed by atoms with E-state index in [1.54, 1.807) is 0 Å². The highest BCUT2D eigenvalue weighted by molar-refractivity contribution is 5.69. The Morgan fingerprint density at radius 2 is 1.83 bits per heavy atom. The minimum absolute atomic E-state index is 0.00119. The summed E-state index contributed by atoms with van der Waals surface area (Å²) in [5, 5.41) is 3.53. The first-order valence-electron chi connectivity index (χ1n) is 8.20. The van der Waals surface area contributed by atoms with Crippen LogP contribution in [0.2, 0.25) is 0 Å². The van der Waals surface area contributed by atoms with Crippen LogP contribution in [0.25, 0.3) is 22.9 Å². The lowest BCUT2D eigenvalue weighted by atomic mass is 10.1. The zero-order valence-corrected chi connectivity index (χ0v) is 14.4. The summed E-state index contributed by atoms with van der Waals surface area (Å²) in [4.78, 5) is 8.01. The van der Waals surface area contributed by atoms with Gasteiger partial charge < -0.3 is 15.0 Å². The molecule has 29 heavy (non-hydrogen) atoms. The number of imidazole rings is 1. The number of nitrogen functional groups attached to an aromatic ring is 1. The first-order chi connectivity index (χ1) is 13.5. The summed E-state index contributed by atoms with van der Waals surface area (Å²) in [6.45, 7) is -1.08. The van der Waals surface area contributed by atoms with Crippen molar-refractivity contribution in [2.45, 2.75) is 25.4 Å². The van der Waals surface area contributed by atoms with Crippen LogP contribution in [0.5, 0.6) is 5.75 Å². The van der Waals surface area contributed by atoms with Gasteiger partial charge in [0.2, 0.25) is 5.95 Å². The van der Waals surface area contributed by atoms with E-state index in [2.05, 4.69) is 15.1 Å². The van der Waals surface area contributed by atoms with Gasteiger partial charge >= 0.3 is 12.4 Å². The van der Waals surface area contributed by atoms with Crippen LogP contribution in [0.3, 0.4) is 0 Å². The molecular formula is C16H12F6N6O. The van der Waals surface area contributed by atoms with Crippen molar-refractivity contribution < 1.29 is 31.1 Å². The van der Waals surface area contributed by atoms with Crippen LogP contribution in [-0.2, 0) is 19.3 Å². The fourth-order valence-corrected chi connectivity index (χ4v) is 3.00. The Hall–Kier alpha value is -3.25. The molecule has 3 heterocycles. The SMILES string of the molecule is Nc1nc(-c2cn3c(n2)-c2cc(C(F)(F)F)ccc2OCC3)n(CC(F)(F)F)n1. The second-order valence-corrected chi connectivity index (χ2v) is 6.27. The van der Waals surface area contributed by atoms with E-state index in [0.29, 0.717) is 4.68 Å². The topological polar surface area (TPSA) is 83.8 Å². The summed E-state index contributed by atoms with van der Waals surface area (Å²) in [6, 6.07) is 2.96. The zero-order chi connectivity index (χ0) is 21.0. The van der Waals surface area contributed by atoms with Gasteiger partial charge in [0.1, 0.15) is 30.4 Å². The van der Waals surface area contributed by atoms with Gasteiger partial charge in [0.05, 0.1) is 17.7 Å². The van der Waals surface area contributed by atoms with Crippen molar-refractivity contribution in [3.8, 4) is 28.7 Å². The third kappa shape index (κ3) is 3.71. The van der Waals surface area contributed by atoms with E-state index in [1.807, 2.05) is 0 Å². The maximum Gasteiger partial charge on any atom is 0.416 e. The zero-order valence-electron chi connectivity index (χ0n) is 14.4. The monoisotopic (exact) mass is 418 g/mol. The minimum Gasteiger partial charge on any atom is -0.491 e. The summed E-state index contributed by atoms with van der Waals surface area (Å²) < 4.78 is 85.2. The fraction of sp³-hybridized carbons (Fsp3) is 0.312. The summed E-state index contributed by atoms with van der Waals surface area (Å²) in [5.74, 6) is -0.325. The predicted molar refractivity (Wildman–Crippen MR) is 87.6 cm³/mol. The van der Waals surface area contributed by atoms with Crippen LogP contribution in [0.15, 0.2) is 24.4 Å². The molecule has 0 aliphatic carbocycles. The predicted octanol–water partition coefficient (Wildman–Crippen LogP) is 3.36. The van der Waals surface area contributed by atoms with Crippen molar-refractivity contribution in [2.75, 3.05) is 12.3 Å². The number of aromatic nitrogens is 5. The molecule has 0 saturated carbocycles. The highest BCUT2D eigenvalue weighted by Gasteiger charge is 2.33. The van der Waals surface area contributed by atoms with Gasteiger partial charge in [-0.05, 0) is 18.2 Å². The fourth-order valence-electron chi connectivity index (χ4n) is 3.00. The molecule has 0 unspecified atom stereocenters. The number of ether oxygens (including phenoxy) is 1. The molecule has 2 N–H and O–H groups in total. The largest absolute Gasteiger partial charge is 0.491 e. The Bertz CT molecular complexity index is 1070. The molecule has 154 valence electrons. The number of hydrogen-bond acceptors (Lipinski definition) is 5. The van der Waals surface area contributed by atoms with E-state index >= 15 is 0 Å². The third-order valence-electron chi connectivity index (χ3n) is 4.16. The van der Waals surface area contributed by atoms with Crippen LogP contribution in [0, 0.1) is 0 Å². The van der Waals surface area contributed by atoms with E-state index in [1.165, 1.54) is 16.8 Å². The lowest BCUT2D eigenvalue weighted by Gasteiger charge is -2.11. The number of rotatable bonds is 2. The first kappa shape index (κ1) is 19.1. The molecule has 13 heteroatoms. The maximum atomic E-state index is 13.1. The molecule has 7 nitrogen and oxygen atoms in total.